The molecule has 0 aliphatic carbocycles. The summed E-state index contributed by atoms with van der Waals surface area (Å²) in [7, 11) is 1.77. The van der Waals surface area contributed by atoms with Gasteiger partial charge in [0.15, 0.2) is 0 Å². The van der Waals surface area contributed by atoms with Crippen molar-refractivity contribution in [2.24, 2.45) is 5.10 Å². The molecule has 1 N–H and O–H groups in total. The second-order valence-electron chi connectivity index (χ2n) is 3.97. The van der Waals surface area contributed by atoms with E-state index in [1.165, 1.54) is 5.56 Å². The molecule has 2 aromatic carbocycles. The van der Waals surface area contributed by atoms with Crippen LogP contribution in [0.1, 0.15) is 11.1 Å². The molecule has 0 saturated heterocycles. The van der Waals surface area contributed by atoms with Gasteiger partial charge in [0.2, 0.25) is 0 Å². The van der Waals surface area contributed by atoms with Crippen molar-refractivity contribution in [2.75, 3.05) is 7.05 Å². The van der Waals surface area contributed by atoms with E-state index < -0.39 is 0 Å². The minimum atomic E-state index is 0.820. The molecule has 0 saturated carbocycles. The lowest BCUT2D eigenvalue weighted by Crippen LogP contribution is -1.94. The molecular weight excluding hydrogens is 224 g/mol. The summed E-state index contributed by atoms with van der Waals surface area (Å²) < 4.78 is 5.73. The summed E-state index contributed by atoms with van der Waals surface area (Å²) in [5, 5.41) is 3.95. The number of rotatable bonds is 4. The molecule has 0 aromatic heterocycles. The molecule has 0 atom stereocenters. The van der Waals surface area contributed by atoms with Crippen LogP contribution in [0, 0.1) is 6.92 Å². The van der Waals surface area contributed by atoms with E-state index in [0.717, 1.165) is 17.1 Å². The summed E-state index contributed by atoms with van der Waals surface area (Å²) in [6, 6.07) is 15.8. The highest BCUT2D eigenvalue weighted by Gasteiger charge is 1.96. The Morgan fingerprint density at radius 1 is 0.944 bits per heavy atom. The highest BCUT2D eigenvalue weighted by Crippen LogP contribution is 2.21. The molecule has 0 unspecified atom stereocenters. The normalized spacial score (nSPS) is 10.6. The Hall–Kier alpha value is -2.29. The highest BCUT2D eigenvalue weighted by atomic mass is 16.5. The maximum absolute atomic E-state index is 5.73. The minimum Gasteiger partial charge on any atom is -0.457 e. The third kappa shape index (κ3) is 3.35. The van der Waals surface area contributed by atoms with Gasteiger partial charge in [0.05, 0.1) is 6.21 Å². The van der Waals surface area contributed by atoms with E-state index in [1.54, 1.807) is 13.3 Å². The van der Waals surface area contributed by atoms with Crippen molar-refractivity contribution < 1.29 is 4.74 Å². The smallest absolute Gasteiger partial charge is 0.127 e. The first-order valence-electron chi connectivity index (χ1n) is 5.82. The standard InChI is InChI=1S/C15H16N2O/c1-12-3-7-14(8-4-12)18-15-9-5-13(6-10-15)11-17-16-2/h3-11,16H,1-2H3. The van der Waals surface area contributed by atoms with E-state index in [2.05, 4.69) is 17.5 Å². The molecule has 0 aliphatic heterocycles. The lowest BCUT2D eigenvalue weighted by Gasteiger charge is -2.05. The van der Waals surface area contributed by atoms with Gasteiger partial charge in [-0.05, 0) is 48.9 Å². The van der Waals surface area contributed by atoms with E-state index in [1.807, 2.05) is 48.5 Å². The van der Waals surface area contributed by atoms with Crippen molar-refractivity contribution in [3.05, 3.63) is 59.7 Å². The molecule has 0 fully saturated rings. The van der Waals surface area contributed by atoms with Crippen LogP contribution in [0.15, 0.2) is 53.6 Å². The Balaban J connectivity index is 2.06. The summed E-state index contributed by atoms with van der Waals surface area (Å²) in [5.41, 5.74) is 4.97. The number of hydrogen-bond acceptors (Lipinski definition) is 3. The van der Waals surface area contributed by atoms with Gasteiger partial charge in [-0.15, -0.1) is 0 Å². The van der Waals surface area contributed by atoms with Gasteiger partial charge in [-0.1, -0.05) is 17.7 Å². The second-order valence-corrected chi connectivity index (χ2v) is 3.97. The zero-order valence-corrected chi connectivity index (χ0v) is 10.6. The number of nitrogens with one attached hydrogen (secondary N) is 1. The molecule has 3 nitrogen and oxygen atoms in total. The number of hydrogen-bond donors (Lipinski definition) is 1. The van der Waals surface area contributed by atoms with Crippen LogP contribution < -0.4 is 10.2 Å². The van der Waals surface area contributed by atoms with Gasteiger partial charge in [0.1, 0.15) is 11.5 Å². The lowest BCUT2D eigenvalue weighted by molar-refractivity contribution is 0.482. The predicted molar refractivity (Wildman–Crippen MR) is 74.3 cm³/mol. The maximum Gasteiger partial charge on any atom is 0.127 e. The van der Waals surface area contributed by atoms with E-state index in [9.17, 15) is 0 Å². The van der Waals surface area contributed by atoms with Crippen molar-refractivity contribution in [1.82, 2.24) is 5.43 Å². The molecule has 0 radical (unpaired) electrons. The molecule has 0 bridgehead atoms. The minimum absolute atomic E-state index is 0.820. The zero-order valence-electron chi connectivity index (χ0n) is 10.6. The summed E-state index contributed by atoms with van der Waals surface area (Å²) in [4.78, 5) is 0. The Morgan fingerprint density at radius 3 is 2.06 bits per heavy atom. The van der Waals surface area contributed by atoms with Gasteiger partial charge in [0.25, 0.3) is 0 Å². The molecule has 3 heteroatoms. The van der Waals surface area contributed by atoms with Crippen LogP contribution in [-0.4, -0.2) is 13.3 Å². The predicted octanol–water partition coefficient (Wildman–Crippen LogP) is 3.34. The van der Waals surface area contributed by atoms with Crippen molar-refractivity contribution in [3.63, 3.8) is 0 Å². The molecule has 18 heavy (non-hydrogen) atoms. The van der Waals surface area contributed by atoms with E-state index >= 15 is 0 Å². The first-order valence-corrected chi connectivity index (χ1v) is 5.82. The molecule has 0 spiro atoms. The Bertz CT molecular complexity index is 515. The SMILES string of the molecule is CNN=Cc1ccc(Oc2ccc(C)cc2)cc1. The summed E-state index contributed by atoms with van der Waals surface area (Å²) >= 11 is 0. The molecule has 2 rings (SSSR count). The number of benzene rings is 2. The van der Waals surface area contributed by atoms with Crippen LogP contribution in [0.4, 0.5) is 0 Å². The lowest BCUT2D eigenvalue weighted by atomic mass is 10.2. The van der Waals surface area contributed by atoms with Crippen LogP contribution in [0.5, 0.6) is 11.5 Å². The maximum atomic E-state index is 5.73. The van der Waals surface area contributed by atoms with Gasteiger partial charge in [0, 0.05) is 7.05 Å². The summed E-state index contributed by atoms with van der Waals surface area (Å²) in [5.74, 6) is 1.66. The van der Waals surface area contributed by atoms with Gasteiger partial charge in [-0.3, -0.25) is 0 Å². The molecule has 0 aliphatic rings. The van der Waals surface area contributed by atoms with Crippen LogP contribution in [0.25, 0.3) is 0 Å². The molecule has 92 valence electrons. The monoisotopic (exact) mass is 240 g/mol. The number of hydrazone groups is 1. The largest absolute Gasteiger partial charge is 0.457 e. The summed E-state index contributed by atoms with van der Waals surface area (Å²) in [6.45, 7) is 2.06. The van der Waals surface area contributed by atoms with Crippen molar-refractivity contribution in [2.45, 2.75) is 6.92 Å². The average Bonchev–Trinajstić information content (AvgIpc) is 2.41. The number of nitrogens with zero attached hydrogens (tertiary/aromatic N) is 1. The van der Waals surface area contributed by atoms with Gasteiger partial charge >= 0.3 is 0 Å². The topological polar surface area (TPSA) is 33.6 Å². The average molecular weight is 240 g/mol. The Labute approximate surface area is 107 Å². The Morgan fingerprint density at radius 2 is 1.50 bits per heavy atom. The quantitative estimate of drug-likeness (QED) is 0.657. The van der Waals surface area contributed by atoms with Crippen LogP contribution >= 0.6 is 0 Å². The first kappa shape index (κ1) is 12.2. The Kier molecular flexibility index (Phi) is 3.97. The fraction of sp³-hybridized carbons (Fsp3) is 0.133. The van der Waals surface area contributed by atoms with E-state index in [-0.39, 0.29) is 0 Å². The third-order valence-electron chi connectivity index (χ3n) is 2.48. The second kappa shape index (κ2) is 5.87. The van der Waals surface area contributed by atoms with Gasteiger partial charge < -0.3 is 10.2 Å². The van der Waals surface area contributed by atoms with Crippen LogP contribution in [-0.2, 0) is 0 Å². The fourth-order valence-electron chi connectivity index (χ4n) is 1.50. The zero-order chi connectivity index (χ0) is 12.8. The summed E-state index contributed by atoms with van der Waals surface area (Å²) in [6.07, 6.45) is 1.76. The highest BCUT2D eigenvalue weighted by molar-refractivity contribution is 5.79. The molecule has 2 aromatic rings. The van der Waals surface area contributed by atoms with Gasteiger partial charge in [-0.2, -0.15) is 5.10 Å². The third-order valence-corrected chi connectivity index (χ3v) is 2.48. The fourth-order valence-corrected chi connectivity index (χ4v) is 1.50. The molecule has 0 heterocycles. The van der Waals surface area contributed by atoms with Crippen molar-refractivity contribution in [1.29, 1.82) is 0 Å². The molecular formula is C15H16N2O. The first-order chi connectivity index (χ1) is 8.78. The number of ether oxygens (including phenoxy) is 1. The van der Waals surface area contributed by atoms with Crippen LogP contribution in [0.2, 0.25) is 0 Å². The van der Waals surface area contributed by atoms with E-state index in [0.29, 0.717) is 0 Å². The van der Waals surface area contributed by atoms with E-state index in [4.69, 9.17) is 4.74 Å². The van der Waals surface area contributed by atoms with Crippen molar-refractivity contribution >= 4 is 6.21 Å². The molecule has 0 amide bonds. The van der Waals surface area contributed by atoms with Crippen molar-refractivity contribution in [3.8, 4) is 11.5 Å². The van der Waals surface area contributed by atoms with Crippen LogP contribution in [0.3, 0.4) is 0 Å². The number of aryl methyl sites for hydroxylation is 1. The van der Waals surface area contributed by atoms with Gasteiger partial charge in [-0.25, -0.2) is 0 Å².